The van der Waals surface area contributed by atoms with E-state index in [1.165, 1.54) is 11.1 Å². The highest BCUT2D eigenvalue weighted by molar-refractivity contribution is 5.44. The standard InChI is InChI=1S/C12H11N3/c1-9-4-3-5-12(10(9)2)15-7-6-11(8-13)14-15/h3-7H,1-2H3. The number of hydrogen-bond acceptors (Lipinski definition) is 2. The Labute approximate surface area is 88.6 Å². The second-order valence-corrected chi connectivity index (χ2v) is 3.48. The summed E-state index contributed by atoms with van der Waals surface area (Å²) in [7, 11) is 0. The molecule has 0 aliphatic rings. The molecular weight excluding hydrogens is 186 g/mol. The van der Waals surface area contributed by atoms with Gasteiger partial charge in [-0.25, -0.2) is 4.68 Å². The lowest BCUT2D eigenvalue weighted by molar-refractivity contribution is 0.864. The average molecular weight is 197 g/mol. The molecule has 0 aliphatic carbocycles. The second-order valence-electron chi connectivity index (χ2n) is 3.48. The van der Waals surface area contributed by atoms with Gasteiger partial charge in [0.25, 0.3) is 0 Å². The molecule has 0 atom stereocenters. The van der Waals surface area contributed by atoms with Crippen LogP contribution in [0.5, 0.6) is 0 Å². The van der Waals surface area contributed by atoms with Gasteiger partial charge in [-0.3, -0.25) is 0 Å². The van der Waals surface area contributed by atoms with E-state index in [9.17, 15) is 0 Å². The molecule has 0 N–H and O–H groups in total. The monoisotopic (exact) mass is 197 g/mol. The van der Waals surface area contributed by atoms with Gasteiger partial charge in [0.05, 0.1) is 5.69 Å². The molecule has 0 aliphatic heterocycles. The molecular formula is C12H11N3. The van der Waals surface area contributed by atoms with Crippen LogP contribution in [0.15, 0.2) is 30.5 Å². The largest absolute Gasteiger partial charge is 0.239 e. The van der Waals surface area contributed by atoms with Gasteiger partial charge in [-0.2, -0.15) is 10.4 Å². The molecule has 0 fully saturated rings. The number of rotatable bonds is 1. The van der Waals surface area contributed by atoms with Crippen LogP contribution in [0.25, 0.3) is 5.69 Å². The zero-order valence-corrected chi connectivity index (χ0v) is 8.73. The molecule has 0 bridgehead atoms. The highest BCUT2D eigenvalue weighted by atomic mass is 15.3. The maximum absolute atomic E-state index is 8.70. The maximum atomic E-state index is 8.70. The Bertz CT molecular complexity index is 532. The van der Waals surface area contributed by atoms with Crippen LogP contribution in [-0.2, 0) is 0 Å². The molecule has 1 aromatic carbocycles. The zero-order valence-electron chi connectivity index (χ0n) is 8.73. The number of aryl methyl sites for hydroxylation is 1. The van der Waals surface area contributed by atoms with E-state index in [0.29, 0.717) is 5.69 Å². The Hall–Kier alpha value is -2.08. The smallest absolute Gasteiger partial charge is 0.162 e. The van der Waals surface area contributed by atoms with Crippen molar-refractivity contribution in [2.75, 3.05) is 0 Å². The lowest BCUT2D eigenvalue weighted by Crippen LogP contribution is -1.99. The highest BCUT2D eigenvalue weighted by Crippen LogP contribution is 2.16. The van der Waals surface area contributed by atoms with Crippen molar-refractivity contribution in [2.24, 2.45) is 0 Å². The molecule has 0 saturated carbocycles. The van der Waals surface area contributed by atoms with Gasteiger partial charge in [0.1, 0.15) is 6.07 Å². The van der Waals surface area contributed by atoms with Gasteiger partial charge in [-0.15, -0.1) is 0 Å². The van der Waals surface area contributed by atoms with Gasteiger partial charge in [-0.1, -0.05) is 12.1 Å². The molecule has 74 valence electrons. The Morgan fingerprint density at radius 1 is 1.27 bits per heavy atom. The van der Waals surface area contributed by atoms with E-state index in [-0.39, 0.29) is 0 Å². The van der Waals surface area contributed by atoms with Crippen molar-refractivity contribution in [3.8, 4) is 11.8 Å². The van der Waals surface area contributed by atoms with Gasteiger partial charge in [0, 0.05) is 6.20 Å². The summed E-state index contributed by atoms with van der Waals surface area (Å²) in [4.78, 5) is 0. The third-order valence-corrected chi connectivity index (χ3v) is 2.53. The SMILES string of the molecule is Cc1cccc(-n2ccc(C#N)n2)c1C. The van der Waals surface area contributed by atoms with E-state index in [1.807, 2.05) is 18.2 Å². The lowest BCUT2D eigenvalue weighted by atomic mass is 10.1. The third kappa shape index (κ3) is 1.62. The molecule has 1 aromatic heterocycles. The number of hydrogen-bond donors (Lipinski definition) is 0. The van der Waals surface area contributed by atoms with E-state index in [1.54, 1.807) is 16.9 Å². The topological polar surface area (TPSA) is 41.6 Å². The number of aromatic nitrogens is 2. The molecule has 0 amide bonds. The van der Waals surface area contributed by atoms with Gasteiger partial charge in [0.2, 0.25) is 0 Å². The van der Waals surface area contributed by atoms with E-state index in [4.69, 9.17) is 5.26 Å². The molecule has 3 heteroatoms. The van der Waals surface area contributed by atoms with Crippen LogP contribution in [0.4, 0.5) is 0 Å². The predicted molar refractivity (Wildman–Crippen MR) is 57.8 cm³/mol. The maximum Gasteiger partial charge on any atom is 0.162 e. The van der Waals surface area contributed by atoms with Crippen LogP contribution in [0.2, 0.25) is 0 Å². The molecule has 15 heavy (non-hydrogen) atoms. The molecule has 0 spiro atoms. The Kier molecular flexibility index (Phi) is 2.26. The summed E-state index contributed by atoms with van der Waals surface area (Å²) in [5.74, 6) is 0. The van der Waals surface area contributed by atoms with Crippen molar-refractivity contribution in [3.05, 3.63) is 47.3 Å². The first kappa shape index (κ1) is 9.47. The molecule has 0 unspecified atom stereocenters. The number of nitrogens with zero attached hydrogens (tertiary/aromatic N) is 3. The quantitative estimate of drug-likeness (QED) is 0.704. The zero-order chi connectivity index (χ0) is 10.8. The fourth-order valence-corrected chi connectivity index (χ4v) is 1.50. The fraction of sp³-hybridized carbons (Fsp3) is 0.167. The van der Waals surface area contributed by atoms with Crippen molar-refractivity contribution in [3.63, 3.8) is 0 Å². The van der Waals surface area contributed by atoms with Gasteiger partial charge >= 0.3 is 0 Å². The van der Waals surface area contributed by atoms with Crippen LogP contribution >= 0.6 is 0 Å². The normalized spacial score (nSPS) is 9.93. The summed E-state index contributed by atoms with van der Waals surface area (Å²) in [5.41, 5.74) is 3.87. The molecule has 1 heterocycles. The summed E-state index contributed by atoms with van der Waals surface area (Å²) >= 11 is 0. The molecule has 2 rings (SSSR count). The van der Waals surface area contributed by atoms with Crippen molar-refractivity contribution >= 4 is 0 Å². The van der Waals surface area contributed by atoms with Crippen LogP contribution in [0.1, 0.15) is 16.8 Å². The van der Waals surface area contributed by atoms with Gasteiger partial charge in [-0.05, 0) is 37.1 Å². The predicted octanol–water partition coefficient (Wildman–Crippen LogP) is 2.36. The number of benzene rings is 1. The lowest BCUT2D eigenvalue weighted by Gasteiger charge is -2.07. The van der Waals surface area contributed by atoms with Crippen molar-refractivity contribution in [2.45, 2.75) is 13.8 Å². The molecule has 0 radical (unpaired) electrons. The van der Waals surface area contributed by atoms with E-state index >= 15 is 0 Å². The van der Waals surface area contributed by atoms with E-state index in [2.05, 4.69) is 25.0 Å². The van der Waals surface area contributed by atoms with Gasteiger partial charge in [0.15, 0.2) is 5.69 Å². The molecule has 2 aromatic rings. The van der Waals surface area contributed by atoms with Crippen molar-refractivity contribution in [1.82, 2.24) is 9.78 Å². The summed E-state index contributed by atoms with van der Waals surface area (Å²) in [6, 6.07) is 9.78. The van der Waals surface area contributed by atoms with Crippen molar-refractivity contribution < 1.29 is 0 Å². The minimum Gasteiger partial charge on any atom is -0.239 e. The summed E-state index contributed by atoms with van der Waals surface area (Å²) < 4.78 is 1.74. The van der Waals surface area contributed by atoms with Crippen molar-refractivity contribution in [1.29, 1.82) is 5.26 Å². The summed E-state index contributed by atoms with van der Waals surface area (Å²) in [6.45, 7) is 4.12. The second kappa shape index (κ2) is 3.58. The Balaban J connectivity index is 2.55. The van der Waals surface area contributed by atoms with Crippen LogP contribution < -0.4 is 0 Å². The van der Waals surface area contributed by atoms with Crippen LogP contribution in [0.3, 0.4) is 0 Å². The molecule has 3 nitrogen and oxygen atoms in total. The fourth-order valence-electron chi connectivity index (χ4n) is 1.50. The first-order valence-corrected chi connectivity index (χ1v) is 4.75. The van der Waals surface area contributed by atoms with E-state index in [0.717, 1.165) is 5.69 Å². The Morgan fingerprint density at radius 3 is 2.73 bits per heavy atom. The summed E-state index contributed by atoms with van der Waals surface area (Å²) in [6.07, 6.45) is 1.81. The minimum atomic E-state index is 0.441. The first-order valence-electron chi connectivity index (χ1n) is 4.75. The Morgan fingerprint density at radius 2 is 2.07 bits per heavy atom. The van der Waals surface area contributed by atoms with Gasteiger partial charge < -0.3 is 0 Å². The van der Waals surface area contributed by atoms with Crippen LogP contribution in [0, 0.1) is 25.2 Å². The van der Waals surface area contributed by atoms with E-state index < -0.39 is 0 Å². The minimum absolute atomic E-state index is 0.441. The average Bonchev–Trinajstić information content (AvgIpc) is 2.70. The summed E-state index contributed by atoms with van der Waals surface area (Å²) in [5, 5.41) is 12.9. The third-order valence-electron chi connectivity index (χ3n) is 2.53. The van der Waals surface area contributed by atoms with Crippen LogP contribution in [-0.4, -0.2) is 9.78 Å². The highest BCUT2D eigenvalue weighted by Gasteiger charge is 2.04. The first-order chi connectivity index (χ1) is 7.22. The number of nitriles is 1. The molecule has 0 saturated heterocycles.